The summed E-state index contributed by atoms with van der Waals surface area (Å²) < 4.78 is 34.5. The molecular weight excluding hydrogens is 416 g/mol. The SMILES string of the molecule is C/C=C/c1ccc2c(c1)O[C@@H](CN(C)C(=O)CC1CC1)[C@@H](C)CN([C@H](C)CO)S2(=O)=O. The average Bonchev–Trinajstić information content (AvgIpc) is 3.54. The summed E-state index contributed by atoms with van der Waals surface area (Å²) in [5, 5.41) is 9.70. The molecule has 0 unspecified atom stereocenters. The summed E-state index contributed by atoms with van der Waals surface area (Å²) in [5.41, 5.74) is 0.836. The molecule has 0 aromatic heterocycles. The number of allylic oxidation sites excluding steroid dienone is 1. The smallest absolute Gasteiger partial charge is 0.247 e. The Balaban J connectivity index is 1.97. The summed E-state index contributed by atoms with van der Waals surface area (Å²) in [6.45, 7) is 5.82. The third-order valence-electron chi connectivity index (χ3n) is 6.09. The molecule has 1 amide bonds. The third kappa shape index (κ3) is 5.48. The highest BCUT2D eigenvalue weighted by molar-refractivity contribution is 7.89. The van der Waals surface area contributed by atoms with E-state index in [0.29, 0.717) is 18.9 Å². The van der Waals surface area contributed by atoms with Gasteiger partial charge in [-0.15, -0.1) is 0 Å². The highest BCUT2D eigenvalue weighted by Crippen LogP contribution is 2.35. The summed E-state index contributed by atoms with van der Waals surface area (Å²) in [5.74, 6) is 0.695. The molecule has 3 atom stereocenters. The van der Waals surface area contributed by atoms with Crippen molar-refractivity contribution in [2.45, 2.75) is 57.1 Å². The molecule has 3 rings (SSSR count). The van der Waals surface area contributed by atoms with Gasteiger partial charge in [0.1, 0.15) is 16.7 Å². The number of rotatable bonds is 7. The van der Waals surface area contributed by atoms with E-state index in [1.807, 2.05) is 26.0 Å². The maximum absolute atomic E-state index is 13.4. The number of hydrogen-bond acceptors (Lipinski definition) is 5. The van der Waals surface area contributed by atoms with E-state index in [2.05, 4.69) is 0 Å². The highest BCUT2D eigenvalue weighted by atomic mass is 32.2. The Kier molecular flexibility index (Phi) is 7.44. The maximum Gasteiger partial charge on any atom is 0.247 e. The number of likely N-dealkylation sites (N-methyl/N-ethyl adjacent to an activating group) is 1. The van der Waals surface area contributed by atoms with Gasteiger partial charge in [0.25, 0.3) is 0 Å². The predicted molar refractivity (Wildman–Crippen MR) is 120 cm³/mol. The number of aliphatic hydroxyl groups is 1. The topological polar surface area (TPSA) is 87.2 Å². The van der Waals surface area contributed by atoms with Crippen LogP contribution in [0.15, 0.2) is 29.2 Å². The molecule has 7 nitrogen and oxygen atoms in total. The van der Waals surface area contributed by atoms with Crippen molar-refractivity contribution in [2.24, 2.45) is 11.8 Å². The molecule has 0 saturated heterocycles. The molecule has 0 radical (unpaired) electrons. The molecule has 1 aliphatic heterocycles. The molecule has 1 N–H and O–H groups in total. The van der Waals surface area contributed by atoms with E-state index in [1.165, 1.54) is 4.31 Å². The molecule has 2 aliphatic rings. The lowest BCUT2D eigenvalue weighted by Crippen LogP contribution is -2.50. The minimum Gasteiger partial charge on any atom is -0.487 e. The summed E-state index contributed by atoms with van der Waals surface area (Å²) in [4.78, 5) is 14.3. The zero-order valence-corrected chi connectivity index (χ0v) is 19.6. The molecule has 1 saturated carbocycles. The first-order valence-electron chi connectivity index (χ1n) is 11.0. The standard InChI is InChI=1S/C23H34N2O5S/c1-5-6-18-9-10-22-20(11-18)30-21(14-24(4)23(27)12-19-7-8-19)16(2)13-25(17(3)15-26)31(22,28)29/h5-6,9-11,16-17,19,21,26H,7-8,12-15H2,1-4H3/b6-5+/t16-,17+,21-/m0/s1. The number of aliphatic hydroxyl groups excluding tert-OH is 1. The van der Waals surface area contributed by atoms with Crippen LogP contribution in [0.1, 0.15) is 45.6 Å². The summed E-state index contributed by atoms with van der Waals surface area (Å²) in [7, 11) is -2.07. The number of benzene rings is 1. The van der Waals surface area contributed by atoms with Crippen LogP contribution in [-0.4, -0.2) is 67.5 Å². The molecule has 8 heteroatoms. The Morgan fingerprint density at radius 3 is 2.71 bits per heavy atom. The molecule has 0 spiro atoms. The van der Waals surface area contributed by atoms with Gasteiger partial charge >= 0.3 is 0 Å². The van der Waals surface area contributed by atoms with Gasteiger partial charge in [-0.2, -0.15) is 4.31 Å². The van der Waals surface area contributed by atoms with Crippen molar-refractivity contribution in [2.75, 3.05) is 26.7 Å². The van der Waals surface area contributed by atoms with Gasteiger partial charge in [0.05, 0.1) is 13.2 Å². The Morgan fingerprint density at radius 2 is 2.10 bits per heavy atom. The molecule has 0 bridgehead atoms. The van der Waals surface area contributed by atoms with Crippen molar-refractivity contribution in [3.8, 4) is 5.75 Å². The molecule has 1 heterocycles. The van der Waals surface area contributed by atoms with Crippen LogP contribution in [0.5, 0.6) is 5.75 Å². The number of nitrogens with zero attached hydrogens (tertiary/aromatic N) is 2. The van der Waals surface area contributed by atoms with E-state index in [0.717, 1.165) is 18.4 Å². The van der Waals surface area contributed by atoms with Crippen LogP contribution in [0.4, 0.5) is 0 Å². The van der Waals surface area contributed by atoms with Gasteiger partial charge in [-0.3, -0.25) is 4.79 Å². The van der Waals surface area contributed by atoms with E-state index in [1.54, 1.807) is 37.1 Å². The number of fused-ring (bicyclic) bond motifs is 1. The van der Waals surface area contributed by atoms with Gasteiger partial charge in [-0.05, 0) is 50.3 Å². The van der Waals surface area contributed by atoms with Crippen molar-refractivity contribution < 1.29 is 23.1 Å². The van der Waals surface area contributed by atoms with E-state index < -0.39 is 16.1 Å². The first-order chi connectivity index (χ1) is 14.7. The number of amides is 1. The predicted octanol–water partition coefficient (Wildman–Crippen LogP) is 2.75. The van der Waals surface area contributed by atoms with Crippen molar-refractivity contribution in [3.05, 3.63) is 29.8 Å². The monoisotopic (exact) mass is 450 g/mol. The second kappa shape index (κ2) is 9.71. The lowest BCUT2D eigenvalue weighted by atomic mass is 10.0. The summed E-state index contributed by atoms with van der Waals surface area (Å²) in [6, 6.07) is 4.47. The van der Waals surface area contributed by atoms with Crippen LogP contribution in [0.2, 0.25) is 0 Å². The van der Waals surface area contributed by atoms with Gasteiger partial charge in [-0.25, -0.2) is 8.42 Å². The zero-order chi connectivity index (χ0) is 22.8. The van der Waals surface area contributed by atoms with Crippen LogP contribution in [0, 0.1) is 11.8 Å². The number of ether oxygens (including phenoxy) is 1. The van der Waals surface area contributed by atoms with Crippen molar-refractivity contribution >= 4 is 22.0 Å². The Morgan fingerprint density at radius 1 is 1.39 bits per heavy atom. The largest absolute Gasteiger partial charge is 0.487 e. The second-order valence-corrected chi connectivity index (χ2v) is 10.7. The fraction of sp³-hybridized carbons (Fsp3) is 0.609. The minimum absolute atomic E-state index is 0.0879. The Hall–Kier alpha value is -1.90. The molecule has 1 fully saturated rings. The van der Waals surface area contributed by atoms with E-state index in [9.17, 15) is 18.3 Å². The Labute approximate surface area is 185 Å². The molecular formula is C23H34N2O5S. The number of hydrogen-bond donors (Lipinski definition) is 1. The van der Waals surface area contributed by atoms with Gasteiger partial charge < -0.3 is 14.7 Å². The normalized spacial score (nSPS) is 24.7. The van der Waals surface area contributed by atoms with Crippen molar-refractivity contribution in [3.63, 3.8) is 0 Å². The molecule has 172 valence electrons. The highest BCUT2D eigenvalue weighted by Gasteiger charge is 2.38. The minimum atomic E-state index is -3.85. The Bertz CT molecular complexity index is 926. The van der Waals surface area contributed by atoms with E-state index in [-0.39, 0.29) is 41.7 Å². The molecule has 31 heavy (non-hydrogen) atoms. The molecule has 1 aliphatic carbocycles. The van der Waals surface area contributed by atoms with Crippen LogP contribution >= 0.6 is 0 Å². The number of carbonyl (C=O) groups excluding carboxylic acids is 1. The van der Waals surface area contributed by atoms with Crippen LogP contribution < -0.4 is 4.74 Å². The van der Waals surface area contributed by atoms with Gasteiger partial charge in [0.15, 0.2) is 0 Å². The van der Waals surface area contributed by atoms with Crippen molar-refractivity contribution in [1.29, 1.82) is 0 Å². The number of carbonyl (C=O) groups is 1. The zero-order valence-electron chi connectivity index (χ0n) is 18.8. The fourth-order valence-corrected chi connectivity index (χ4v) is 5.68. The van der Waals surface area contributed by atoms with Crippen LogP contribution in [0.25, 0.3) is 6.08 Å². The van der Waals surface area contributed by atoms with E-state index in [4.69, 9.17) is 4.74 Å². The first-order valence-corrected chi connectivity index (χ1v) is 12.4. The number of sulfonamides is 1. The fourth-order valence-electron chi connectivity index (χ4n) is 3.85. The quantitative estimate of drug-likeness (QED) is 0.690. The van der Waals surface area contributed by atoms with Gasteiger partial charge in [0, 0.05) is 32.0 Å². The maximum atomic E-state index is 13.4. The molecule has 1 aromatic carbocycles. The second-order valence-electron chi connectivity index (χ2n) is 8.87. The lowest BCUT2D eigenvalue weighted by molar-refractivity contribution is -0.131. The van der Waals surface area contributed by atoms with E-state index >= 15 is 0 Å². The van der Waals surface area contributed by atoms with Crippen molar-refractivity contribution in [1.82, 2.24) is 9.21 Å². The van der Waals surface area contributed by atoms with Gasteiger partial charge in [-0.1, -0.05) is 25.1 Å². The summed E-state index contributed by atoms with van der Waals surface area (Å²) >= 11 is 0. The summed E-state index contributed by atoms with van der Waals surface area (Å²) in [6.07, 6.45) is 6.17. The third-order valence-corrected chi connectivity index (χ3v) is 8.11. The average molecular weight is 451 g/mol. The lowest BCUT2D eigenvalue weighted by Gasteiger charge is -2.37. The van der Waals surface area contributed by atoms with Crippen LogP contribution in [0.3, 0.4) is 0 Å². The first kappa shape index (κ1) is 23.8. The van der Waals surface area contributed by atoms with Crippen LogP contribution in [-0.2, 0) is 14.8 Å². The van der Waals surface area contributed by atoms with Gasteiger partial charge in [0.2, 0.25) is 15.9 Å². The molecule has 1 aromatic rings.